The highest BCUT2D eigenvalue weighted by Crippen LogP contribution is 2.52. The highest BCUT2D eigenvalue weighted by molar-refractivity contribution is 7.17. The molecule has 1 aromatic rings. The zero-order valence-electron chi connectivity index (χ0n) is 26.3. The number of allylic oxidation sites excluding steroid dienone is 3. The molecule has 0 aromatic carbocycles. The van der Waals surface area contributed by atoms with Gasteiger partial charge < -0.3 is 31.7 Å². The van der Waals surface area contributed by atoms with E-state index in [1.54, 1.807) is 26.3 Å². The molecule has 2 heterocycles. The fraction of sp³-hybridized carbons (Fsp3) is 0.500. The first kappa shape index (κ1) is 33.8. The van der Waals surface area contributed by atoms with E-state index in [1.165, 1.54) is 6.08 Å². The topological polar surface area (TPSA) is 185 Å². The zero-order valence-corrected chi connectivity index (χ0v) is 27.4. The van der Waals surface area contributed by atoms with Gasteiger partial charge in [-0.25, -0.2) is 4.79 Å². The molecule has 2 atom stereocenters. The number of cyclic esters (lactones) is 1. The summed E-state index contributed by atoms with van der Waals surface area (Å²) >= 11 is 0. The van der Waals surface area contributed by atoms with E-state index in [4.69, 9.17) is 21.0 Å². The summed E-state index contributed by atoms with van der Waals surface area (Å²) in [5.74, 6) is 5.90. The summed E-state index contributed by atoms with van der Waals surface area (Å²) < 4.78 is 5.27. The minimum Gasteiger partial charge on any atom is -0.448 e. The van der Waals surface area contributed by atoms with Crippen molar-refractivity contribution in [3.8, 4) is 6.07 Å². The number of nitrogens with two attached hydrogens (primary N) is 1. The average Bonchev–Trinajstić information content (AvgIpc) is 3.47. The predicted octanol–water partition coefficient (Wildman–Crippen LogP) is 4.10. The number of hydrogen-bond acceptors (Lipinski definition) is 11. The van der Waals surface area contributed by atoms with Crippen LogP contribution in [-0.4, -0.2) is 81.3 Å². The van der Waals surface area contributed by atoms with Gasteiger partial charge in [0.15, 0.2) is 0 Å². The number of nitrogens with zero attached hydrogens (tertiary/aromatic N) is 5. The smallest absolute Gasteiger partial charge is 0.410 e. The predicted molar refractivity (Wildman–Crippen MR) is 181 cm³/mol. The SMILES string of the molecule is C=C(/C=C(/C#N)C=N)N/C(=C\C)c1cc(NC23CCC(N4CCOC4=O)(CC2)CC3)c(/C(C=NCC(P)C(C)(C)O)=N/N)cn1. The van der Waals surface area contributed by atoms with Crippen molar-refractivity contribution in [3.63, 3.8) is 0 Å². The molecular formula is C32H44N9O3P. The first-order valence-electron chi connectivity index (χ1n) is 15.1. The molecule has 0 spiro atoms. The zero-order chi connectivity index (χ0) is 32.8. The number of aromatic nitrogens is 1. The number of fused-ring (bicyclic) bond motifs is 3. The van der Waals surface area contributed by atoms with E-state index >= 15 is 0 Å². The Labute approximate surface area is 267 Å². The van der Waals surface area contributed by atoms with Gasteiger partial charge in [0.2, 0.25) is 0 Å². The van der Waals surface area contributed by atoms with Crippen LogP contribution in [0.15, 0.2) is 52.4 Å². The standard InChI is InChI=1S/C32H44N9O3P/c1-5-24(38-21(2)14-22(16-33)17-34)26-15-25(23(18-37-26)27(40-35)19-36-20-28(45)30(3,4)43)39-31-6-9-32(10-7-31,11-8-31)41-12-13-44-29(41)42/h5,14-16,18-19,28,33,38,43H,2,6-13,20,35,45H2,1,3-4H3,(H,37,39)/b22-14+,24-5-,33-16?,36-19?,40-27+. The van der Waals surface area contributed by atoms with Crippen LogP contribution in [0.1, 0.15) is 70.6 Å². The second-order valence-electron chi connectivity index (χ2n) is 12.5. The molecule has 2 unspecified atom stereocenters. The fourth-order valence-electron chi connectivity index (χ4n) is 6.21. The van der Waals surface area contributed by atoms with Gasteiger partial charge >= 0.3 is 6.09 Å². The molecule has 0 radical (unpaired) electrons. The Hall–Kier alpha value is -4.07. The molecule has 4 aliphatic rings. The molecule has 13 heteroatoms. The van der Waals surface area contributed by atoms with Crippen LogP contribution in [0.3, 0.4) is 0 Å². The number of aliphatic hydroxyl groups is 1. The maximum absolute atomic E-state index is 12.4. The van der Waals surface area contributed by atoms with Gasteiger partial charge in [0.05, 0.1) is 29.1 Å². The second-order valence-corrected chi connectivity index (χ2v) is 13.3. The molecule has 6 N–H and O–H groups in total. The summed E-state index contributed by atoms with van der Waals surface area (Å²) in [7, 11) is 2.63. The van der Waals surface area contributed by atoms with Crippen LogP contribution in [-0.2, 0) is 4.74 Å². The van der Waals surface area contributed by atoms with E-state index in [0.717, 1.165) is 50.4 Å². The molecule has 4 fully saturated rings. The van der Waals surface area contributed by atoms with Gasteiger partial charge in [0.25, 0.3) is 0 Å². The van der Waals surface area contributed by atoms with Gasteiger partial charge in [-0.15, -0.1) is 9.24 Å². The number of hydrogen-bond donors (Lipinski definition) is 5. The molecule has 12 nitrogen and oxygen atoms in total. The maximum atomic E-state index is 12.4. The molecule has 1 aliphatic heterocycles. The Balaban J connectivity index is 1.65. The lowest BCUT2D eigenvalue weighted by Crippen LogP contribution is -2.61. The molecule has 1 amide bonds. The first-order chi connectivity index (χ1) is 21.4. The number of amides is 1. The van der Waals surface area contributed by atoms with Crippen molar-refractivity contribution in [1.29, 1.82) is 10.7 Å². The number of pyridine rings is 1. The van der Waals surface area contributed by atoms with E-state index in [9.17, 15) is 15.2 Å². The van der Waals surface area contributed by atoms with Crippen LogP contribution in [0, 0.1) is 16.7 Å². The third kappa shape index (κ3) is 7.60. The van der Waals surface area contributed by atoms with E-state index in [1.807, 2.05) is 30.0 Å². The van der Waals surface area contributed by atoms with Crippen molar-refractivity contribution in [2.24, 2.45) is 15.9 Å². The molecule has 45 heavy (non-hydrogen) atoms. The lowest BCUT2D eigenvalue weighted by atomic mass is 9.60. The number of nitrogens with one attached hydrogen (secondary N) is 3. The van der Waals surface area contributed by atoms with E-state index in [-0.39, 0.29) is 28.4 Å². The van der Waals surface area contributed by atoms with Gasteiger partial charge in [0, 0.05) is 58.9 Å². The minimum atomic E-state index is -0.915. The third-order valence-electron chi connectivity index (χ3n) is 9.16. The Morgan fingerprint density at radius 3 is 2.60 bits per heavy atom. The minimum absolute atomic E-state index is 0.149. The molecule has 5 rings (SSSR count). The maximum Gasteiger partial charge on any atom is 0.410 e. The molecule has 1 saturated heterocycles. The Bertz CT molecular complexity index is 1460. The number of carbonyl (C=O) groups is 1. The normalized spacial score (nSPS) is 24.8. The van der Waals surface area contributed by atoms with Crippen molar-refractivity contribution in [2.75, 3.05) is 25.0 Å². The molecular weight excluding hydrogens is 589 g/mol. The van der Waals surface area contributed by atoms with Crippen LogP contribution >= 0.6 is 9.24 Å². The van der Waals surface area contributed by atoms with Gasteiger partial charge in [-0.05, 0) is 71.4 Å². The number of hydrazone groups is 1. The van der Waals surface area contributed by atoms with E-state index in [2.05, 4.69) is 36.5 Å². The number of anilines is 1. The average molecular weight is 634 g/mol. The van der Waals surface area contributed by atoms with Crippen LogP contribution in [0.25, 0.3) is 5.70 Å². The molecule has 3 aliphatic carbocycles. The lowest BCUT2D eigenvalue weighted by Gasteiger charge is -2.56. The highest BCUT2D eigenvalue weighted by atomic mass is 31.0. The summed E-state index contributed by atoms with van der Waals surface area (Å²) in [6, 6.07) is 3.89. The molecule has 240 valence electrons. The monoisotopic (exact) mass is 633 g/mol. The summed E-state index contributed by atoms with van der Waals surface area (Å²) in [5.41, 5.74) is 2.39. The number of nitriles is 1. The number of carbonyl (C=O) groups excluding carboxylic acids is 1. The summed E-state index contributed by atoms with van der Waals surface area (Å²) in [5, 5.41) is 38.0. The van der Waals surface area contributed by atoms with Gasteiger partial charge in [0.1, 0.15) is 18.4 Å². The summed E-state index contributed by atoms with van der Waals surface area (Å²) in [4.78, 5) is 23.6. The summed E-state index contributed by atoms with van der Waals surface area (Å²) in [6.45, 7) is 10.8. The van der Waals surface area contributed by atoms with Gasteiger partial charge in [-0.2, -0.15) is 10.4 Å². The quantitative estimate of drug-likeness (QED) is 0.0537. The van der Waals surface area contributed by atoms with Crippen molar-refractivity contribution >= 4 is 44.9 Å². The van der Waals surface area contributed by atoms with Crippen LogP contribution in [0.5, 0.6) is 0 Å². The number of aliphatic imine (C=N–C) groups is 1. The first-order valence-corrected chi connectivity index (χ1v) is 15.8. The van der Waals surface area contributed by atoms with Crippen LogP contribution < -0.4 is 16.5 Å². The molecule has 3 saturated carbocycles. The second kappa shape index (κ2) is 13.9. The van der Waals surface area contributed by atoms with E-state index < -0.39 is 5.60 Å². The van der Waals surface area contributed by atoms with E-state index in [0.29, 0.717) is 48.1 Å². The highest BCUT2D eigenvalue weighted by Gasteiger charge is 2.54. The number of ether oxygens (including phenoxy) is 1. The van der Waals surface area contributed by atoms with Crippen molar-refractivity contribution in [3.05, 3.63) is 53.5 Å². The van der Waals surface area contributed by atoms with Crippen molar-refractivity contribution in [1.82, 2.24) is 15.2 Å². The number of rotatable bonds is 13. The van der Waals surface area contributed by atoms with Gasteiger partial charge in [-0.3, -0.25) is 14.9 Å². The largest absolute Gasteiger partial charge is 0.448 e. The molecule has 1 aromatic heterocycles. The van der Waals surface area contributed by atoms with Crippen molar-refractivity contribution < 1.29 is 14.6 Å². The van der Waals surface area contributed by atoms with Gasteiger partial charge in [-0.1, -0.05) is 12.7 Å². The Morgan fingerprint density at radius 2 is 2.07 bits per heavy atom. The third-order valence-corrected chi connectivity index (χ3v) is 10.2. The summed E-state index contributed by atoms with van der Waals surface area (Å²) in [6.07, 6.45) is 12.7. The van der Waals surface area contributed by atoms with Crippen LogP contribution in [0.4, 0.5) is 10.5 Å². The lowest BCUT2D eigenvalue weighted by molar-refractivity contribution is 0.0152. The fourth-order valence-corrected chi connectivity index (χ4v) is 6.34. The Kier molecular flexibility index (Phi) is 10.5. The van der Waals surface area contributed by atoms with Crippen LogP contribution in [0.2, 0.25) is 0 Å². The molecule has 2 bridgehead atoms. The van der Waals surface area contributed by atoms with Crippen molar-refractivity contribution in [2.45, 2.75) is 81.6 Å². The Morgan fingerprint density at radius 1 is 1.38 bits per heavy atom.